The summed E-state index contributed by atoms with van der Waals surface area (Å²) in [4.78, 5) is 3.77. The van der Waals surface area contributed by atoms with Crippen LogP contribution in [-0.2, 0) is 0 Å². The van der Waals surface area contributed by atoms with E-state index in [1.54, 1.807) is 0 Å². The summed E-state index contributed by atoms with van der Waals surface area (Å²) < 4.78 is 0. The number of nitrogens with zero attached hydrogens (tertiary/aromatic N) is 1. The minimum atomic E-state index is -0.0949. The lowest BCUT2D eigenvalue weighted by Gasteiger charge is -2.05. The molecular formula is C7H9NS. The normalized spacial score (nSPS) is 11.8. The van der Waals surface area contributed by atoms with E-state index in [9.17, 15) is 0 Å². The second-order valence-corrected chi connectivity index (χ2v) is 2.26. The topological polar surface area (TPSA) is 12.4 Å². The van der Waals surface area contributed by atoms with Crippen LogP contribution in [0.5, 0.6) is 0 Å². The largest absolute Gasteiger partial charge is 0.216 e. The molecule has 1 nitrogen and oxygen atoms in total. The van der Waals surface area contributed by atoms with Crippen LogP contribution in [0.15, 0.2) is 4.99 Å². The van der Waals surface area contributed by atoms with Crippen molar-refractivity contribution in [1.29, 1.82) is 0 Å². The fraction of sp³-hybridized carbons (Fsp3) is 0.571. The van der Waals surface area contributed by atoms with Crippen LogP contribution in [0.2, 0.25) is 0 Å². The standard InChI is InChI=1S/C7H9NS/c1-4-7(6(2)3)8-5-9/h1,6-7H,2-3H3. The first-order valence-electron chi connectivity index (χ1n) is 2.75. The molecule has 2 heteroatoms. The van der Waals surface area contributed by atoms with Crippen LogP contribution in [0, 0.1) is 18.3 Å². The highest BCUT2D eigenvalue weighted by atomic mass is 32.1. The number of thiocarbonyl (C=S) groups is 1. The number of isothiocyanates is 1. The number of terminal acetylenes is 1. The van der Waals surface area contributed by atoms with Gasteiger partial charge in [0.2, 0.25) is 0 Å². The molecule has 0 fully saturated rings. The van der Waals surface area contributed by atoms with E-state index < -0.39 is 0 Å². The molecule has 0 aromatic carbocycles. The Morgan fingerprint density at radius 1 is 1.56 bits per heavy atom. The van der Waals surface area contributed by atoms with Crippen molar-refractivity contribution in [1.82, 2.24) is 0 Å². The molecule has 0 bridgehead atoms. The molecule has 0 aliphatic rings. The quantitative estimate of drug-likeness (QED) is 0.322. The SMILES string of the molecule is C#CC(N=C=S)C(C)C. The van der Waals surface area contributed by atoms with Gasteiger partial charge in [0.1, 0.15) is 6.04 Å². The van der Waals surface area contributed by atoms with Gasteiger partial charge in [-0.05, 0) is 18.1 Å². The lowest BCUT2D eigenvalue weighted by molar-refractivity contribution is 0.589. The maximum Gasteiger partial charge on any atom is 0.123 e. The number of aliphatic imine (C=N–C) groups is 1. The van der Waals surface area contributed by atoms with Gasteiger partial charge in [-0.3, -0.25) is 0 Å². The van der Waals surface area contributed by atoms with E-state index in [2.05, 4.69) is 28.3 Å². The lowest BCUT2D eigenvalue weighted by atomic mass is 10.1. The van der Waals surface area contributed by atoms with Crippen molar-refractivity contribution in [2.24, 2.45) is 10.9 Å². The molecule has 1 atom stereocenters. The Hall–Kier alpha value is -0.640. The van der Waals surface area contributed by atoms with E-state index in [-0.39, 0.29) is 6.04 Å². The molecule has 0 aliphatic heterocycles. The summed E-state index contributed by atoms with van der Waals surface area (Å²) in [5.41, 5.74) is 0. The third kappa shape index (κ3) is 3.03. The maximum atomic E-state index is 5.13. The van der Waals surface area contributed by atoms with Gasteiger partial charge in [-0.1, -0.05) is 19.8 Å². The van der Waals surface area contributed by atoms with Gasteiger partial charge in [0.15, 0.2) is 0 Å². The summed E-state index contributed by atoms with van der Waals surface area (Å²) in [6, 6.07) is -0.0949. The highest BCUT2D eigenvalue weighted by molar-refractivity contribution is 7.78. The van der Waals surface area contributed by atoms with E-state index >= 15 is 0 Å². The average Bonchev–Trinajstić information content (AvgIpc) is 1.82. The Bertz CT molecular complexity index is 160. The van der Waals surface area contributed by atoms with Crippen molar-refractivity contribution in [3.05, 3.63) is 0 Å². The van der Waals surface area contributed by atoms with Crippen LogP contribution in [0.1, 0.15) is 13.8 Å². The van der Waals surface area contributed by atoms with E-state index in [0.29, 0.717) is 5.92 Å². The zero-order valence-corrected chi connectivity index (χ0v) is 6.40. The Morgan fingerprint density at radius 2 is 2.11 bits per heavy atom. The van der Waals surface area contributed by atoms with Crippen LogP contribution >= 0.6 is 12.2 Å². The zero-order chi connectivity index (χ0) is 7.28. The van der Waals surface area contributed by atoms with Gasteiger partial charge in [0, 0.05) is 0 Å². The van der Waals surface area contributed by atoms with Gasteiger partial charge in [0.05, 0.1) is 5.16 Å². The van der Waals surface area contributed by atoms with Crippen molar-refractivity contribution in [2.75, 3.05) is 0 Å². The summed E-state index contributed by atoms with van der Waals surface area (Å²) >= 11 is 4.40. The van der Waals surface area contributed by atoms with Gasteiger partial charge in [-0.25, -0.2) is 4.99 Å². The number of hydrogen-bond donors (Lipinski definition) is 0. The Labute approximate surface area is 61.2 Å². The molecule has 0 radical (unpaired) electrons. The first-order chi connectivity index (χ1) is 4.22. The molecule has 0 spiro atoms. The molecule has 0 aromatic heterocycles. The molecule has 48 valence electrons. The van der Waals surface area contributed by atoms with Crippen LogP contribution < -0.4 is 0 Å². The van der Waals surface area contributed by atoms with Crippen LogP contribution in [-0.4, -0.2) is 11.2 Å². The monoisotopic (exact) mass is 139 g/mol. The van der Waals surface area contributed by atoms with Crippen molar-refractivity contribution in [3.63, 3.8) is 0 Å². The second-order valence-electron chi connectivity index (χ2n) is 2.08. The van der Waals surface area contributed by atoms with Crippen LogP contribution in [0.25, 0.3) is 0 Å². The zero-order valence-electron chi connectivity index (χ0n) is 5.59. The predicted octanol–water partition coefficient (Wildman–Crippen LogP) is 1.75. The fourth-order valence-corrected chi connectivity index (χ4v) is 0.549. The number of hydrogen-bond acceptors (Lipinski definition) is 2. The molecular weight excluding hydrogens is 130 g/mol. The maximum absolute atomic E-state index is 5.13. The van der Waals surface area contributed by atoms with Gasteiger partial charge in [0.25, 0.3) is 0 Å². The van der Waals surface area contributed by atoms with Gasteiger partial charge in [-0.2, -0.15) is 0 Å². The minimum Gasteiger partial charge on any atom is -0.216 e. The smallest absolute Gasteiger partial charge is 0.123 e. The molecule has 0 saturated carbocycles. The average molecular weight is 139 g/mol. The van der Waals surface area contributed by atoms with Gasteiger partial charge in [-0.15, -0.1) is 6.42 Å². The Morgan fingerprint density at radius 3 is 2.22 bits per heavy atom. The molecule has 0 saturated heterocycles. The van der Waals surface area contributed by atoms with E-state index in [0.717, 1.165) is 0 Å². The fourth-order valence-electron chi connectivity index (χ4n) is 0.436. The highest BCUT2D eigenvalue weighted by Crippen LogP contribution is 2.02. The van der Waals surface area contributed by atoms with E-state index in [4.69, 9.17) is 6.42 Å². The van der Waals surface area contributed by atoms with Gasteiger partial charge >= 0.3 is 0 Å². The van der Waals surface area contributed by atoms with Crippen LogP contribution in [0.4, 0.5) is 0 Å². The van der Waals surface area contributed by atoms with Crippen molar-refractivity contribution >= 4 is 17.4 Å². The second kappa shape index (κ2) is 4.26. The molecule has 0 aromatic rings. The van der Waals surface area contributed by atoms with Crippen LogP contribution in [0.3, 0.4) is 0 Å². The van der Waals surface area contributed by atoms with E-state index in [1.165, 1.54) is 0 Å². The summed E-state index contributed by atoms with van der Waals surface area (Å²) in [5, 5.41) is 2.27. The summed E-state index contributed by atoms with van der Waals surface area (Å²) in [6.45, 7) is 4.00. The van der Waals surface area contributed by atoms with Crippen molar-refractivity contribution < 1.29 is 0 Å². The van der Waals surface area contributed by atoms with Crippen molar-refractivity contribution in [3.8, 4) is 12.3 Å². The third-order valence-electron chi connectivity index (χ3n) is 0.994. The molecule has 1 unspecified atom stereocenters. The predicted molar refractivity (Wildman–Crippen MR) is 42.5 cm³/mol. The lowest BCUT2D eigenvalue weighted by Crippen LogP contribution is -2.08. The molecule has 0 N–H and O–H groups in total. The molecule has 0 rings (SSSR count). The Balaban J connectivity index is 4.03. The minimum absolute atomic E-state index is 0.0949. The molecule has 9 heavy (non-hydrogen) atoms. The first-order valence-corrected chi connectivity index (χ1v) is 3.16. The summed E-state index contributed by atoms with van der Waals surface area (Å²) in [5.74, 6) is 2.86. The summed E-state index contributed by atoms with van der Waals surface area (Å²) in [6.07, 6.45) is 5.13. The van der Waals surface area contributed by atoms with Gasteiger partial charge < -0.3 is 0 Å². The van der Waals surface area contributed by atoms with E-state index in [1.807, 2.05) is 13.8 Å². The summed E-state index contributed by atoms with van der Waals surface area (Å²) in [7, 11) is 0. The third-order valence-corrected chi connectivity index (χ3v) is 1.10. The Kier molecular flexibility index (Phi) is 3.96. The van der Waals surface area contributed by atoms with Crippen molar-refractivity contribution in [2.45, 2.75) is 19.9 Å². The molecule has 0 heterocycles. The first kappa shape index (κ1) is 8.36. The highest BCUT2D eigenvalue weighted by Gasteiger charge is 2.05. The molecule has 0 amide bonds. The molecule has 0 aliphatic carbocycles. The number of rotatable bonds is 2.